The van der Waals surface area contributed by atoms with Crippen LogP contribution >= 0.6 is 11.6 Å². The highest BCUT2D eigenvalue weighted by molar-refractivity contribution is 6.30. The van der Waals surface area contributed by atoms with Gasteiger partial charge < -0.3 is 16.2 Å². The van der Waals surface area contributed by atoms with Crippen molar-refractivity contribution >= 4 is 29.1 Å². The van der Waals surface area contributed by atoms with Gasteiger partial charge in [0.15, 0.2) is 5.65 Å². The number of fused-ring (bicyclic) bond motifs is 1. The number of carbonyl (C=O) groups excluding carboxylic acids is 1. The van der Waals surface area contributed by atoms with E-state index >= 15 is 4.39 Å². The second-order valence-corrected chi connectivity index (χ2v) is 7.71. The molecule has 1 amide bonds. The van der Waals surface area contributed by atoms with Crippen LogP contribution in [0.15, 0.2) is 48.8 Å². The summed E-state index contributed by atoms with van der Waals surface area (Å²) in [6, 6.07) is 9.86. The van der Waals surface area contributed by atoms with Gasteiger partial charge in [-0.1, -0.05) is 23.7 Å². The third kappa shape index (κ3) is 4.39. The molecule has 0 fully saturated rings. The number of aliphatic hydroxyl groups is 1. The maximum absolute atomic E-state index is 15.4. The first-order valence-corrected chi connectivity index (χ1v) is 10.2. The molecular formula is C22H20ClFN6O2. The number of aliphatic hydroxyl groups excluding tert-OH is 1. The van der Waals surface area contributed by atoms with Crippen LogP contribution in [0.5, 0.6) is 0 Å². The fourth-order valence-corrected chi connectivity index (χ4v) is 3.50. The summed E-state index contributed by atoms with van der Waals surface area (Å²) in [7, 11) is 0. The number of halogens is 2. The monoisotopic (exact) mass is 454 g/mol. The minimum absolute atomic E-state index is 0.0533. The Morgan fingerprint density at radius 3 is 2.88 bits per heavy atom. The minimum atomic E-state index is -0.882. The molecule has 4 rings (SSSR count). The van der Waals surface area contributed by atoms with Crippen LogP contribution in [0, 0.1) is 12.7 Å². The Balaban J connectivity index is 1.51. The van der Waals surface area contributed by atoms with Crippen LogP contribution < -0.4 is 11.1 Å². The highest BCUT2D eigenvalue weighted by Crippen LogP contribution is 2.28. The Bertz CT molecular complexity index is 1290. The van der Waals surface area contributed by atoms with Crippen LogP contribution in [0.2, 0.25) is 5.02 Å². The summed E-state index contributed by atoms with van der Waals surface area (Å²) < 4.78 is 16.8. The van der Waals surface area contributed by atoms with Gasteiger partial charge in [-0.05, 0) is 48.7 Å². The number of nitrogens with one attached hydrogen (secondary N) is 1. The van der Waals surface area contributed by atoms with Gasteiger partial charge in [0.1, 0.15) is 5.82 Å². The normalized spacial score (nSPS) is 12.1. The zero-order chi connectivity index (χ0) is 22.8. The van der Waals surface area contributed by atoms with Gasteiger partial charge in [-0.2, -0.15) is 4.98 Å². The van der Waals surface area contributed by atoms with Gasteiger partial charge >= 0.3 is 0 Å². The first-order chi connectivity index (χ1) is 15.3. The predicted octanol–water partition coefficient (Wildman–Crippen LogP) is 3.33. The Hall–Kier alpha value is -3.56. The van der Waals surface area contributed by atoms with E-state index in [9.17, 15) is 9.90 Å². The van der Waals surface area contributed by atoms with E-state index in [1.165, 1.54) is 10.7 Å². The summed E-state index contributed by atoms with van der Waals surface area (Å²) >= 11 is 5.80. The number of hydrogen-bond acceptors (Lipinski definition) is 6. The number of nitrogens with zero attached hydrogens (tertiary/aromatic N) is 4. The number of anilines is 1. The molecule has 0 aliphatic heterocycles. The molecule has 4 N–H and O–H groups in total. The molecule has 1 unspecified atom stereocenters. The molecule has 0 radical (unpaired) electrons. The molecule has 164 valence electrons. The number of aromatic nitrogens is 4. The molecule has 8 nitrogen and oxygen atoms in total. The van der Waals surface area contributed by atoms with Crippen LogP contribution in [0.4, 0.5) is 10.3 Å². The highest BCUT2D eigenvalue weighted by Gasteiger charge is 2.20. The number of rotatable bonds is 6. The molecule has 4 aromatic rings. The molecular weight excluding hydrogens is 435 g/mol. The smallest absolute Gasteiger partial charge is 0.254 e. The van der Waals surface area contributed by atoms with Crippen LogP contribution in [-0.4, -0.2) is 37.1 Å². The molecule has 0 aliphatic rings. The van der Waals surface area contributed by atoms with Gasteiger partial charge in [-0.3, -0.25) is 9.78 Å². The molecule has 10 heteroatoms. The quantitative estimate of drug-likeness (QED) is 0.411. The maximum Gasteiger partial charge on any atom is 0.254 e. The molecule has 3 heterocycles. The number of nitrogen functional groups attached to an aromatic ring is 1. The Morgan fingerprint density at radius 2 is 2.12 bits per heavy atom. The van der Waals surface area contributed by atoms with Gasteiger partial charge in [-0.25, -0.2) is 8.91 Å². The van der Waals surface area contributed by atoms with E-state index in [0.29, 0.717) is 27.5 Å². The van der Waals surface area contributed by atoms with Crippen molar-refractivity contribution in [2.45, 2.75) is 19.4 Å². The molecule has 0 aliphatic carbocycles. The molecule has 1 atom stereocenters. The molecule has 3 aromatic heterocycles. The Kier molecular flexibility index (Phi) is 6.02. The zero-order valence-corrected chi connectivity index (χ0v) is 17.8. The van der Waals surface area contributed by atoms with Gasteiger partial charge in [0.25, 0.3) is 5.91 Å². The molecule has 0 bridgehead atoms. The predicted molar refractivity (Wildman–Crippen MR) is 119 cm³/mol. The largest absolute Gasteiger partial charge is 0.387 e. The number of nitrogens with two attached hydrogens (primary N) is 1. The van der Waals surface area contributed by atoms with Crippen molar-refractivity contribution in [1.29, 1.82) is 0 Å². The molecule has 1 aromatic carbocycles. The van der Waals surface area contributed by atoms with E-state index in [2.05, 4.69) is 20.4 Å². The van der Waals surface area contributed by atoms with Crippen molar-refractivity contribution in [3.05, 3.63) is 76.5 Å². The molecule has 0 spiro atoms. The Morgan fingerprint density at radius 1 is 1.31 bits per heavy atom. The van der Waals surface area contributed by atoms with Gasteiger partial charge in [0.05, 0.1) is 22.4 Å². The lowest BCUT2D eigenvalue weighted by Crippen LogP contribution is -2.27. The topological polar surface area (TPSA) is 118 Å². The lowest BCUT2D eigenvalue weighted by molar-refractivity contribution is 0.0937. The van der Waals surface area contributed by atoms with E-state index in [1.54, 1.807) is 49.5 Å². The summed E-state index contributed by atoms with van der Waals surface area (Å²) in [6.45, 7) is 1.80. The molecule has 0 saturated heterocycles. The summed E-state index contributed by atoms with van der Waals surface area (Å²) in [5.74, 6) is -1.09. The number of benzene rings is 1. The van der Waals surface area contributed by atoms with Gasteiger partial charge in [0.2, 0.25) is 5.95 Å². The van der Waals surface area contributed by atoms with Crippen LogP contribution in [-0.2, 0) is 0 Å². The van der Waals surface area contributed by atoms with Gasteiger partial charge in [-0.15, -0.1) is 5.10 Å². The van der Waals surface area contributed by atoms with Gasteiger partial charge in [0, 0.05) is 24.5 Å². The van der Waals surface area contributed by atoms with E-state index < -0.39 is 17.8 Å². The first-order valence-electron chi connectivity index (χ1n) is 9.82. The van der Waals surface area contributed by atoms with Crippen molar-refractivity contribution in [3.8, 4) is 11.1 Å². The lowest BCUT2D eigenvalue weighted by Gasteiger charge is -2.14. The fourth-order valence-electron chi connectivity index (χ4n) is 3.38. The zero-order valence-electron chi connectivity index (χ0n) is 17.1. The maximum atomic E-state index is 15.4. The van der Waals surface area contributed by atoms with Crippen LogP contribution in [0.25, 0.3) is 16.8 Å². The second kappa shape index (κ2) is 8.89. The number of hydrogen-bond donors (Lipinski definition) is 3. The average molecular weight is 455 g/mol. The number of carbonyl (C=O) groups is 1. The highest BCUT2D eigenvalue weighted by atomic mass is 35.5. The number of pyridine rings is 2. The van der Waals surface area contributed by atoms with E-state index in [-0.39, 0.29) is 30.0 Å². The molecule has 32 heavy (non-hydrogen) atoms. The SMILES string of the molecule is Cc1ccc(-c2ccn3nc(N)nc3c2)c(F)c1C(=O)NCCC(O)c1ccc(Cl)cn1. The third-order valence-corrected chi connectivity index (χ3v) is 5.26. The van der Waals surface area contributed by atoms with E-state index in [1.807, 2.05) is 0 Å². The van der Waals surface area contributed by atoms with E-state index in [0.717, 1.165) is 0 Å². The van der Waals surface area contributed by atoms with Crippen molar-refractivity contribution in [1.82, 2.24) is 24.9 Å². The fraction of sp³-hybridized carbons (Fsp3) is 0.182. The minimum Gasteiger partial charge on any atom is -0.387 e. The lowest BCUT2D eigenvalue weighted by atomic mass is 9.98. The Labute approximate surface area is 187 Å². The first kappa shape index (κ1) is 21.7. The summed E-state index contributed by atoms with van der Waals surface area (Å²) in [5, 5.41) is 17.4. The van der Waals surface area contributed by atoms with Crippen LogP contribution in [0.3, 0.4) is 0 Å². The number of amides is 1. The third-order valence-electron chi connectivity index (χ3n) is 5.04. The average Bonchev–Trinajstić information content (AvgIpc) is 3.13. The van der Waals surface area contributed by atoms with Crippen molar-refractivity contribution in [3.63, 3.8) is 0 Å². The summed E-state index contributed by atoms with van der Waals surface area (Å²) in [6.07, 6.45) is 2.39. The second-order valence-electron chi connectivity index (χ2n) is 7.27. The van der Waals surface area contributed by atoms with E-state index in [4.69, 9.17) is 17.3 Å². The van der Waals surface area contributed by atoms with Crippen molar-refractivity contribution in [2.24, 2.45) is 0 Å². The van der Waals surface area contributed by atoms with Crippen molar-refractivity contribution < 1.29 is 14.3 Å². The summed E-state index contributed by atoms with van der Waals surface area (Å²) in [5.41, 5.74) is 7.76. The molecule has 0 saturated carbocycles. The standard InChI is InChI=1S/C22H20ClFN6O2/c1-12-2-4-15(13-7-9-30-18(10-13)28-22(25)29-30)20(24)19(12)21(32)26-8-6-17(31)16-5-3-14(23)11-27-16/h2-5,7,9-11,17,31H,6,8H2,1H3,(H2,25,29)(H,26,32). The van der Waals surface area contributed by atoms with Crippen molar-refractivity contribution in [2.75, 3.05) is 12.3 Å². The number of aryl methyl sites for hydroxylation is 1. The van der Waals surface area contributed by atoms with Crippen LogP contribution in [0.1, 0.15) is 34.1 Å². The summed E-state index contributed by atoms with van der Waals surface area (Å²) in [4.78, 5) is 20.9.